The smallest absolute Gasteiger partial charge is 0.317 e. The molecule has 2 heterocycles. The number of benzene rings is 1. The minimum Gasteiger partial charge on any atom is -0.496 e. The summed E-state index contributed by atoms with van der Waals surface area (Å²) in [5, 5.41) is 2.70. The zero-order chi connectivity index (χ0) is 18.7. The van der Waals surface area contributed by atoms with Crippen molar-refractivity contribution in [2.45, 2.75) is 26.2 Å². The number of piperidine rings is 1. The number of hydrogen-bond acceptors (Lipinski definition) is 3. The molecule has 142 valence electrons. The molecule has 3 rings (SSSR count). The van der Waals surface area contributed by atoms with Gasteiger partial charge in [0.05, 0.1) is 7.11 Å². The summed E-state index contributed by atoms with van der Waals surface area (Å²) in [5.74, 6) is 2.00. The number of likely N-dealkylation sites (tertiary alicyclic amines) is 2. The maximum atomic E-state index is 13.0. The number of urea groups is 1. The average molecular weight is 359 g/mol. The third-order valence-electron chi connectivity index (χ3n) is 5.95. The minimum absolute atomic E-state index is 0.0141. The molecule has 0 bridgehead atoms. The predicted molar refractivity (Wildman–Crippen MR) is 100 cm³/mol. The van der Waals surface area contributed by atoms with Crippen LogP contribution in [0.3, 0.4) is 0 Å². The summed E-state index contributed by atoms with van der Waals surface area (Å²) < 4.78 is 5.35. The number of methoxy groups -OCH3 is 1. The van der Waals surface area contributed by atoms with Gasteiger partial charge in [-0.05, 0) is 50.2 Å². The van der Waals surface area contributed by atoms with Crippen LogP contribution in [0.15, 0.2) is 18.2 Å². The second-order valence-corrected chi connectivity index (χ2v) is 7.31. The highest BCUT2D eigenvalue weighted by atomic mass is 16.5. The molecule has 0 aromatic heterocycles. The Morgan fingerprint density at radius 2 is 1.73 bits per heavy atom. The molecular formula is C20H29N3O3. The van der Waals surface area contributed by atoms with Gasteiger partial charge in [0.2, 0.25) is 0 Å². The van der Waals surface area contributed by atoms with Gasteiger partial charge in [-0.25, -0.2) is 4.79 Å². The molecule has 1 aromatic carbocycles. The summed E-state index contributed by atoms with van der Waals surface area (Å²) in [6.07, 6.45) is 3.11. The summed E-state index contributed by atoms with van der Waals surface area (Å²) >= 11 is 0. The van der Waals surface area contributed by atoms with Crippen LogP contribution >= 0.6 is 0 Å². The number of carbonyl (C=O) groups excluding carboxylic acids is 2. The Balaban J connectivity index is 1.59. The molecule has 1 unspecified atom stereocenters. The lowest BCUT2D eigenvalue weighted by Crippen LogP contribution is -2.44. The third kappa shape index (κ3) is 3.64. The van der Waals surface area contributed by atoms with Crippen molar-refractivity contribution in [1.29, 1.82) is 0 Å². The molecule has 0 aliphatic carbocycles. The summed E-state index contributed by atoms with van der Waals surface area (Å²) in [5.41, 5.74) is 1.64. The van der Waals surface area contributed by atoms with Gasteiger partial charge >= 0.3 is 6.03 Å². The van der Waals surface area contributed by atoms with Crippen molar-refractivity contribution in [1.82, 2.24) is 15.1 Å². The van der Waals surface area contributed by atoms with Crippen LogP contribution in [-0.4, -0.2) is 62.1 Å². The SMILES string of the molecule is CNC(=O)N1CCC(C2CCN(C(=O)c3cccc(OC)c3C)C2)CC1. The Hall–Kier alpha value is -2.24. The fourth-order valence-electron chi connectivity index (χ4n) is 4.33. The first-order valence-corrected chi connectivity index (χ1v) is 9.44. The molecule has 2 fully saturated rings. The number of carbonyl (C=O) groups is 2. The number of hydrogen-bond donors (Lipinski definition) is 1. The van der Waals surface area contributed by atoms with Gasteiger partial charge < -0.3 is 19.9 Å². The Morgan fingerprint density at radius 3 is 2.38 bits per heavy atom. The molecule has 1 atom stereocenters. The lowest BCUT2D eigenvalue weighted by Gasteiger charge is -2.34. The van der Waals surface area contributed by atoms with Crippen LogP contribution < -0.4 is 10.1 Å². The van der Waals surface area contributed by atoms with Crippen LogP contribution in [0, 0.1) is 18.8 Å². The molecule has 2 saturated heterocycles. The molecule has 0 spiro atoms. The number of nitrogens with zero attached hydrogens (tertiary/aromatic N) is 2. The second-order valence-electron chi connectivity index (χ2n) is 7.31. The Labute approximate surface area is 155 Å². The van der Waals surface area contributed by atoms with E-state index in [1.54, 1.807) is 14.2 Å². The van der Waals surface area contributed by atoms with Gasteiger partial charge in [-0.3, -0.25) is 4.79 Å². The van der Waals surface area contributed by atoms with Crippen LogP contribution in [0.25, 0.3) is 0 Å². The van der Waals surface area contributed by atoms with E-state index in [1.165, 1.54) is 0 Å². The van der Waals surface area contributed by atoms with E-state index in [9.17, 15) is 9.59 Å². The van der Waals surface area contributed by atoms with Crippen molar-refractivity contribution in [2.75, 3.05) is 40.3 Å². The third-order valence-corrected chi connectivity index (χ3v) is 5.95. The normalized spacial score (nSPS) is 21.0. The first-order chi connectivity index (χ1) is 12.5. The molecule has 3 amide bonds. The van der Waals surface area contributed by atoms with Gasteiger partial charge in [-0.2, -0.15) is 0 Å². The predicted octanol–water partition coefficient (Wildman–Crippen LogP) is 2.52. The summed E-state index contributed by atoms with van der Waals surface area (Å²) in [4.78, 5) is 28.5. The lowest BCUT2D eigenvalue weighted by molar-refractivity contribution is 0.0775. The number of nitrogens with one attached hydrogen (secondary N) is 1. The van der Waals surface area contributed by atoms with E-state index < -0.39 is 0 Å². The Kier molecular flexibility index (Phi) is 5.69. The van der Waals surface area contributed by atoms with Crippen molar-refractivity contribution in [3.05, 3.63) is 29.3 Å². The fourth-order valence-corrected chi connectivity index (χ4v) is 4.33. The van der Waals surface area contributed by atoms with Crippen LogP contribution in [0.5, 0.6) is 5.75 Å². The molecule has 2 aliphatic heterocycles. The number of rotatable bonds is 3. The van der Waals surface area contributed by atoms with E-state index in [-0.39, 0.29) is 11.9 Å². The first kappa shape index (κ1) is 18.5. The number of amides is 3. The molecular weight excluding hydrogens is 330 g/mol. The van der Waals surface area contributed by atoms with E-state index in [2.05, 4.69) is 5.32 Å². The minimum atomic E-state index is 0.0141. The molecule has 0 saturated carbocycles. The summed E-state index contributed by atoms with van der Waals surface area (Å²) in [6, 6.07) is 5.66. The monoisotopic (exact) mass is 359 g/mol. The zero-order valence-corrected chi connectivity index (χ0v) is 16.0. The van der Waals surface area contributed by atoms with E-state index in [0.29, 0.717) is 11.8 Å². The molecule has 6 nitrogen and oxygen atoms in total. The van der Waals surface area contributed by atoms with E-state index in [1.807, 2.05) is 34.9 Å². The molecule has 0 radical (unpaired) electrons. The highest BCUT2D eigenvalue weighted by Crippen LogP contribution is 2.33. The molecule has 1 N–H and O–H groups in total. The van der Waals surface area contributed by atoms with Crippen molar-refractivity contribution in [2.24, 2.45) is 11.8 Å². The van der Waals surface area contributed by atoms with E-state index in [0.717, 1.165) is 62.3 Å². The maximum absolute atomic E-state index is 13.0. The fraction of sp³-hybridized carbons (Fsp3) is 0.600. The van der Waals surface area contributed by atoms with Crippen LogP contribution in [0.1, 0.15) is 35.2 Å². The lowest BCUT2D eigenvalue weighted by atomic mass is 9.84. The van der Waals surface area contributed by atoms with Gasteiger partial charge in [-0.1, -0.05) is 6.07 Å². The zero-order valence-electron chi connectivity index (χ0n) is 16.0. The van der Waals surface area contributed by atoms with E-state index >= 15 is 0 Å². The topological polar surface area (TPSA) is 61.9 Å². The molecule has 1 aromatic rings. The highest BCUT2D eigenvalue weighted by molar-refractivity contribution is 5.96. The summed E-state index contributed by atoms with van der Waals surface area (Å²) in [6.45, 7) is 5.19. The number of ether oxygens (including phenoxy) is 1. The van der Waals surface area contributed by atoms with E-state index in [4.69, 9.17) is 4.74 Å². The maximum Gasteiger partial charge on any atom is 0.317 e. The van der Waals surface area contributed by atoms with Gasteiger partial charge in [-0.15, -0.1) is 0 Å². The van der Waals surface area contributed by atoms with Crippen molar-refractivity contribution in [3.8, 4) is 5.75 Å². The largest absolute Gasteiger partial charge is 0.496 e. The summed E-state index contributed by atoms with van der Waals surface area (Å²) in [7, 11) is 3.31. The molecule has 6 heteroatoms. The highest BCUT2D eigenvalue weighted by Gasteiger charge is 2.35. The Morgan fingerprint density at radius 1 is 1.08 bits per heavy atom. The Bertz CT molecular complexity index is 668. The van der Waals surface area contributed by atoms with Crippen molar-refractivity contribution >= 4 is 11.9 Å². The van der Waals surface area contributed by atoms with Gasteiger partial charge in [0.15, 0.2) is 0 Å². The quantitative estimate of drug-likeness (QED) is 0.902. The average Bonchev–Trinajstić information content (AvgIpc) is 3.17. The standard InChI is InChI=1S/C20H29N3O3/c1-14-17(5-4-6-18(14)26-3)19(24)23-12-9-16(13-23)15-7-10-22(11-8-15)20(25)21-2/h4-6,15-16H,7-13H2,1-3H3,(H,21,25). The van der Waals surface area contributed by atoms with Crippen LogP contribution in [0.2, 0.25) is 0 Å². The molecule has 26 heavy (non-hydrogen) atoms. The van der Waals surface area contributed by atoms with Crippen LogP contribution in [0.4, 0.5) is 4.79 Å². The van der Waals surface area contributed by atoms with Crippen molar-refractivity contribution < 1.29 is 14.3 Å². The second kappa shape index (κ2) is 7.98. The van der Waals surface area contributed by atoms with Gasteiger partial charge in [0, 0.05) is 44.4 Å². The van der Waals surface area contributed by atoms with Gasteiger partial charge in [0.1, 0.15) is 5.75 Å². The van der Waals surface area contributed by atoms with Crippen molar-refractivity contribution in [3.63, 3.8) is 0 Å². The molecule has 2 aliphatic rings. The van der Waals surface area contributed by atoms with Crippen LogP contribution in [-0.2, 0) is 0 Å². The van der Waals surface area contributed by atoms with Gasteiger partial charge in [0.25, 0.3) is 5.91 Å². The first-order valence-electron chi connectivity index (χ1n) is 9.44.